The summed E-state index contributed by atoms with van der Waals surface area (Å²) in [5.41, 5.74) is 7.33. The first-order valence-corrected chi connectivity index (χ1v) is 8.79. The summed E-state index contributed by atoms with van der Waals surface area (Å²) >= 11 is 0. The average Bonchev–Trinajstić information content (AvgIpc) is 2.69. The fraction of sp³-hybridized carbons (Fsp3) is 0.130. The Morgan fingerprint density at radius 1 is 0.963 bits per heavy atom. The van der Waals surface area contributed by atoms with Crippen LogP contribution in [0.2, 0.25) is 0 Å². The van der Waals surface area contributed by atoms with Crippen LogP contribution in [-0.4, -0.2) is 12.1 Å². The molecule has 0 saturated carbocycles. The van der Waals surface area contributed by atoms with E-state index >= 15 is 0 Å². The molecular weight excluding hydrogens is 336 g/mol. The molecule has 0 fully saturated rings. The first-order valence-electron chi connectivity index (χ1n) is 8.79. The van der Waals surface area contributed by atoms with Crippen LogP contribution in [0.25, 0.3) is 0 Å². The summed E-state index contributed by atoms with van der Waals surface area (Å²) in [4.78, 5) is 12.1. The normalized spacial score (nSPS) is 10.7. The fourth-order valence-electron chi connectivity index (χ4n) is 2.55. The van der Waals surface area contributed by atoms with Gasteiger partial charge in [0.2, 0.25) is 0 Å². The summed E-state index contributed by atoms with van der Waals surface area (Å²) in [6, 6.07) is 23.3. The number of hydrogen-bond donors (Lipinski definition) is 1. The van der Waals surface area contributed by atoms with Gasteiger partial charge in [-0.15, -0.1) is 0 Å². The summed E-state index contributed by atoms with van der Waals surface area (Å²) in [5, 5.41) is 4.03. The Morgan fingerprint density at radius 3 is 2.37 bits per heavy atom. The van der Waals surface area contributed by atoms with E-state index < -0.39 is 0 Å². The fourth-order valence-corrected chi connectivity index (χ4v) is 2.55. The van der Waals surface area contributed by atoms with Gasteiger partial charge in [-0.1, -0.05) is 48.0 Å². The molecule has 0 radical (unpaired) electrons. The molecule has 0 aromatic heterocycles. The maximum Gasteiger partial charge on any atom is 0.271 e. The number of carbonyl (C=O) groups excluding carboxylic acids is 1. The first kappa shape index (κ1) is 18.4. The van der Waals surface area contributed by atoms with Gasteiger partial charge in [-0.3, -0.25) is 4.79 Å². The van der Waals surface area contributed by atoms with Crippen LogP contribution in [0, 0.1) is 13.8 Å². The summed E-state index contributed by atoms with van der Waals surface area (Å²) in [6.07, 6.45) is 1.61. The molecule has 0 unspecified atom stereocenters. The number of nitrogens with zero attached hydrogens (tertiary/aromatic N) is 1. The van der Waals surface area contributed by atoms with Crippen molar-refractivity contribution >= 4 is 12.1 Å². The minimum absolute atomic E-state index is 0.220. The van der Waals surface area contributed by atoms with Gasteiger partial charge in [0.25, 0.3) is 5.91 Å². The van der Waals surface area contributed by atoms with E-state index in [2.05, 4.69) is 41.7 Å². The molecule has 1 N–H and O–H groups in total. The molecule has 1 amide bonds. The van der Waals surface area contributed by atoms with Gasteiger partial charge in [-0.25, -0.2) is 5.43 Å². The molecule has 0 bridgehead atoms. The zero-order chi connectivity index (χ0) is 19.1. The van der Waals surface area contributed by atoms with Crippen LogP contribution in [0.3, 0.4) is 0 Å². The van der Waals surface area contributed by atoms with Crippen molar-refractivity contribution in [2.75, 3.05) is 0 Å². The zero-order valence-electron chi connectivity index (χ0n) is 15.5. The SMILES string of the molecule is Cc1ccc(COc2ccc(/C=N\NC(=O)c3ccccc3C)cc2)cc1. The number of amides is 1. The molecule has 3 aromatic carbocycles. The van der Waals surface area contributed by atoms with Crippen molar-refractivity contribution in [3.8, 4) is 5.75 Å². The molecule has 0 heterocycles. The molecule has 3 aromatic rings. The van der Waals surface area contributed by atoms with E-state index in [9.17, 15) is 4.79 Å². The molecule has 0 aliphatic heterocycles. The standard InChI is InChI=1S/C23H22N2O2/c1-17-7-9-20(10-8-17)16-27-21-13-11-19(12-14-21)15-24-25-23(26)22-6-4-3-5-18(22)2/h3-15H,16H2,1-2H3,(H,25,26)/b24-15-. The molecule has 136 valence electrons. The number of hydrogen-bond acceptors (Lipinski definition) is 3. The van der Waals surface area contributed by atoms with Crippen molar-refractivity contribution < 1.29 is 9.53 Å². The molecule has 0 spiro atoms. The molecule has 4 heteroatoms. The van der Waals surface area contributed by atoms with E-state index in [-0.39, 0.29) is 5.91 Å². The topological polar surface area (TPSA) is 50.7 Å². The van der Waals surface area contributed by atoms with Crippen LogP contribution in [0.1, 0.15) is 32.6 Å². The third kappa shape index (κ3) is 5.28. The Morgan fingerprint density at radius 2 is 1.67 bits per heavy atom. The van der Waals surface area contributed by atoms with E-state index in [1.807, 2.05) is 49.4 Å². The predicted molar refractivity (Wildman–Crippen MR) is 108 cm³/mol. The monoisotopic (exact) mass is 358 g/mol. The van der Waals surface area contributed by atoms with Crippen LogP contribution >= 0.6 is 0 Å². The maximum absolute atomic E-state index is 12.1. The van der Waals surface area contributed by atoms with E-state index in [1.54, 1.807) is 12.3 Å². The van der Waals surface area contributed by atoms with E-state index in [0.717, 1.165) is 22.4 Å². The number of ether oxygens (including phenoxy) is 1. The smallest absolute Gasteiger partial charge is 0.271 e. The quantitative estimate of drug-likeness (QED) is 0.515. The van der Waals surface area contributed by atoms with E-state index in [0.29, 0.717) is 12.2 Å². The predicted octanol–water partition coefficient (Wildman–Crippen LogP) is 4.65. The number of carbonyl (C=O) groups is 1. The Bertz CT molecular complexity index is 929. The van der Waals surface area contributed by atoms with Crippen molar-refractivity contribution in [1.29, 1.82) is 0 Å². The summed E-state index contributed by atoms with van der Waals surface area (Å²) in [7, 11) is 0. The van der Waals surface area contributed by atoms with Gasteiger partial charge in [0.1, 0.15) is 12.4 Å². The summed E-state index contributed by atoms with van der Waals surface area (Å²) < 4.78 is 5.79. The minimum Gasteiger partial charge on any atom is -0.489 e. The van der Waals surface area contributed by atoms with Crippen molar-refractivity contribution in [2.24, 2.45) is 5.10 Å². The largest absolute Gasteiger partial charge is 0.489 e. The van der Waals surface area contributed by atoms with E-state index in [4.69, 9.17) is 4.74 Å². The lowest BCUT2D eigenvalue weighted by atomic mass is 10.1. The maximum atomic E-state index is 12.1. The molecule has 0 aliphatic carbocycles. The average molecular weight is 358 g/mol. The third-order valence-electron chi connectivity index (χ3n) is 4.18. The third-order valence-corrected chi connectivity index (χ3v) is 4.18. The lowest BCUT2D eigenvalue weighted by molar-refractivity contribution is 0.0954. The highest BCUT2D eigenvalue weighted by Gasteiger charge is 2.06. The molecule has 3 rings (SSSR count). The molecule has 4 nitrogen and oxygen atoms in total. The van der Waals surface area contributed by atoms with Gasteiger partial charge in [-0.2, -0.15) is 5.10 Å². The van der Waals surface area contributed by atoms with Crippen LogP contribution < -0.4 is 10.2 Å². The first-order chi connectivity index (χ1) is 13.1. The number of nitrogens with one attached hydrogen (secondary N) is 1. The van der Waals surface area contributed by atoms with Crippen LogP contribution in [0.4, 0.5) is 0 Å². The van der Waals surface area contributed by atoms with Crippen molar-refractivity contribution in [2.45, 2.75) is 20.5 Å². The van der Waals surface area contributed by atoms with Gasteiger partial charge in [0.15, 0.2) is 0 Å². The highest BCUT2D eigenvalue weighted by molar-refractivity contribution is 5.96. The Balaban J connectivity index is 1.52. The Labute approximate surface area is 159 Å². The van der Waals surface area contributed by atoms with Crippen LogP contribution in [0.15, 0.2) is 77.9 Å². The number of benzene rings is 3. The Kier molecular flexibility index (Phi) is 6.00. The minimum atomic E-state index is -0.220. The van der Waals surface area contributed by atoms with Gasteiger partial charge in [0, 0.05) is 5.56 Å². The summed E-state index contributed by atoms with van der Waals surface area (Å²) in [5.74, 6) is 0.569. The number of aryl methyl sites for hydroxylation is 2. The second-order valence-corrected chi connectivity index (χ2v) is 6.36. The van der Waals surface area contributed by atoms with Crippen molar-refractivity contribution in [1.82, 2.24) is 5.43 Å². The van der Waals surface area contributed by atoms with Crippen molar-refractivity contribution in [3.05, 3.63) is 101 Å². The van der Waals surface area contributed by atoms with Gasteiger partial charge in [0.05, 0.1) is 6.21 Å². The number of hydrazone groups is 1. The zero-order valence-corrected chi connectivity index (χ0v) is 15.5. The molecule has 0 atom stereocenters. The highest BCUT2D eigenvalue weighted by Crippen LogP contribution is 2.14. The second kappa shape index (κ2) is 8.81. The van der Waals surface area contributed by atoms with Crippen LogP contribution in [0.5, 0.6) is 5.75 Å². The summed E-state index contributed by atoms with van der Waals surface area (Å²) in [6.45, 7) is 4.49. The second-order valence-electron chi connectivity index (χ2n) is 6.36. The van der Waals surface area contributed by atoms with Gasteiger partial charge >= 0.3 is 0 Å². The molecule has 0 saturated heterocycles. The van der Waals surface area contributed by atoms with Crippen molar-refractivity contribution in [3.63, 3.8) is 0 Å². The van der Waals surface area contributed by atoms with E-state index in [1.165, 1.54) is 5.56 Å². The molecular formula is C23H22N2O2. The van der Waals surface area contributed by atoms with Gasteiger partial charge < -0.3 is 4.74 Å². The molecule has 0 aliphatic rings. The molecule has 27 heavy (non-hydrogen) atoms. The number of rotatable bonds is 6. The Hall–Kier alpha value is -3.40. The van der Waals surface area contributed by atoms with Crippen LogP contribution in [-0.2, 0) is 6.61 Å². The highest BCUT2D eigenvalue weighted by atomic mass is 16.5. The van der Waals surface area contributed by atoms with Gasteiger partial charge in [-0.05, 0) is 60.9 Å². The lowest BCUT2D eigenvalue weighted by Gasteiger charge is -2.07. The lowest BCUT2D eigenvalue weighted by Crippen LogP contribution is -2.18.